The smallest absolute Gasteiger partial charge is 0.231 e. The first-order chi connectivity index (χ1) is 12.5. The van der Waals surface area contributed by atoms with Crippen LogP contribution in [0.2, 0.25) is 18.1 Å². The van der Waals surface area contributed by atoms with Gasteiger partial charge in [-0.15, -0.1) is 5.10 Å². The van der Waals surface area contributed by atoms with Crippen molar-refractivity contribution in [2.75, 3.05) is 0 Å². The average Bonchev–Trinajstić information content (AvgIpc) is 3.00. The molecular weight excluding hydrogens is 356 g/mol. The molecule has 3 rings (SSSR count). The second-order valence-corrected chi connectivity index (χ2v) is 13.8. The van der Waals surface area contributed by atoms with Crippen LogP contribution in [-0.2, 0) is 9.22 Å². The summed E-state index contributed by atoms with van der Waals surface area (Å²) in [6, 6.07) is 8.17. The normalized spacial score (nSPS) is 21.5. The van der Waals surface area contributed by atoms with Crippen molar-refractivity contribution in [3.05, 3.63) is 36.0 Å². The van der Waals surface area contributed by atoms with Crippen LogP contribution in [0, 0.1) is 12.8 Å². The molecule has 6 nitrogen and oxygen atoms in total. The van der Waals surface area contributed by atoms with E-state index >= 15 is 0 Å². The summed E-state index contributed by atoms with van der Waals surface area (Å²) in [7, 11) is -1.95. The first-order valence-corrected chi connectivity index (χ1v) is 12.4. The molecule has 0 unspecified atom stereocenters. The summed E-state index contributed by atoms with van der Waals surface area (Å²) < 4.78 is 8.19. The third kappa shape index (κ3) is 3.84. The number of rotatable bonds is 5. The van der Waals surface area contributed by atoms with Crippen molar-refractivity contribution < 1.29 is 9.22 Å². The Kier molecular flexibility index (Phi) is 5.03. The summed E-state index contributed by atoms with van der Waals surface area (Å²) in [6.45, 7) is 15.1. The van der Waals surface area contributed by atoms with Gasteiger partial charge in [0, 0.05) is 5.56 Å². The van der Waals surface area contributed by atoms with Gasteiger partial charge in [-0.2, -0.15) is 0 Å². The number of β-lactam (4-membered cyclic amide) rings is 1. The van der Waals surface area contributed by atoms with Crippen LogP contribution in [-0.4, -0.2) is 35.3 Å². The fraction of sp³-hybridized carbons (Fsp3) is 0.550. The van der Waals surface area contributed by atoms with Gasteiger partial charge >= 0.3 is 0 Å². The molecule has 1 aromatic carbocycles. The zero-order chi connectivity index (χ0) is 20.0. The van der Waals surface area contributed by atoms with E-state index in [9.17, 15) is 4.79 Å². The Labute approximate surface area is 162 Å². The number of benzene rings is 1. The van der Waals surface area contributed by atoms with Crippen molar-refractivity contribution in [3.8, 4) is 11.3 Å². The van der Waals surface area contributed by atoms with Gasteiger partial charge in [0.25, 0.3) is 0 Å². The number of carbonyl (C=O) groups is 1. The van der Waals surface area contributed by atoms with Crippen LogP contribution >= 0.6 is 0 Å². The molecule has 3 atom stereocenters. The van der Waals surface area contributed by atoms with E-state index < -0.39 is 8.32 Å². The van der Waals surface area contributed by atoms with Crippen LogP contribution in [0.5, 0.6) is 0 Å². The fourth-order valence-electron chi connectivity index (χ4n) is 3.06. The number of carbonyl (C=O) groups excluding carboxylic acids is 1. The maximum Gasteiger partial charge on any atom is 0.231 e. The molecule has 0 aliphatic carbocycles. The number of hydrogen-bond donors (Lipinski definition) is 1. The number of aryl methyl sites for hydroxylation is 1. The molecule has 1 aromatic heterocycles. The van der Waals surface area contributed by atoms with Crippen molar-refractivity contribution in [2.45, 2.75) is 65.0 Å². The van der Waals surface area contributed by atoms with Gasteiger partial charge in [0.05, 0.1) is 12.3 Å². The Hall–Kier alpha value is -1.99. The lowest BCUT2D eigenvalue weighted by molar-refractivity contribution is -0.144. The lowest BCUT2D eigenvalue weighted by Crippen LogP contribution is -2.60. The quantitative estimate of drug-likeness (QED) is 0.625. The first kappa shape index (κ1) is 19.8. The molecule has 1 aliphatic heterocycles. The van der Waals surface area contributed by atoms with Crippen molar-refractivity contribution >= 4 is 14.2 Å². The van der Waals surface area contributed by atoms with Gasteiger partial charge in [-0.3, -0.25) is 4.79 Å². The fourth-order valence-corrected chi connectivity index (χ4v) is 4.49. The molecule has 0 radical (unpaired) electrons. The second-order valence-electron chi connectivity index (χ2n) is 9.01. The van der Waals surface area contributed by atoms with Gasteiger partial charge in [0.2, 0.25) is 5.91 Å². The van der Waals surface area contributed by atoms with Crippen LogP contribution in [0.15, 0.2) is 30.5 Å². The highest BCUT2D eigenvalue weighted by Gasteiger charge is 2.48. The van der Waals surface area contributed by atoms with Crippen molar-refractivity contribution in [1.82, 2.24) is 20.3 Å². The highest BCUT2D eigenvalue weighted by molar-refractivity contribution is 6.74. The van der Waals surface area contributed by atoms with Crippen LogP contribution in [0.3, 0.4) is 0 Å². The van der Waals surface area contributed by atoms with Gasteiger partial charge in [-0.25, -0.2) is 4.68 Å². The average molecular weight is 387 g/mol. The highest BCUT2D eigenvalue weighted by atomic mass is 28.4. The minimum atomic E-state index is -1.95. The number of amides is 1. The summed E-state index contributed by atoms with van der Waals surface area (Å²) in [5, 5.41) is 11.6. The third-order valence-electron chi connectivity index (χ3n) is 5.87. The summed E-state index contributed by atoms with van der Waals surface area (Å²) >= 11 is 0. The van der Waals surface area contributed by atoms with Crippen LogP contribution in [0.25, 0.3) is 11.3 Å². The van der Waals surface area contributed by atoms with E-state index in [0.29, 0.717) is 0 Å². The highest BCUT2D eigenvalue weighted by Crippen LogP contribution is 2.40. The van der Waals surface area contributed by atoms with E-state index in [0.717, 1.165) is 11.3 Å². The number of nitrogens with one attached hydrogen (secondary N) is 1. The SMILES string of the molecule is Cc1ccc(-c2cn([C@H]3NC(=O)[C@@H]3[C@@H](C)O[Si](C)(C)C(C)(C)C)nn2)cc1. The Balaban J connectivity index is 1.76. The van der Waals surface area contributed by atoms with Gasteiger partial charge in [0.1, 0.15) is 17.8 Å². The minimum absolute atomic E-state index is 0.0126. The molecule has 7 heteroatoms. The zero-order valence-corrected chi connectivity index (χ0v) is 18.3. The summed E-state index contributed by atoms with van der Waals surface area (Å²) in [5.74, 6) is -0.245. The maximum atomic E-state index is 12.3. The largest absolute Gasteiger partial charge is 0.413 e. The molecule has 146 valence electrons. The third-order valence-corrected chi connectivity index (χ3v) is 10.4. The van der Waals surface area contributed by atoms with Crippen molar-refractivity contribution in [3.63, 3.8) is 0 Å². The number of hydrogen-bond acceptors (Lipinski definition) is 4. The maximum absolute atomic E-state index is 12.3. The molecule has 1 amide bonds. The molecule has 1 saturated heterocycles. The molecule has 1 aliphatic rings. The summed E-state index contributed by atoms with van der Waals surface area (Å²) in [4.78, 5) is 12.3. The Morgan fingerprint density at radius 3 is 2.41 bits per heavy atom. The number of nitrogens with zero attached hydrogens (tertiary/aromatic N) is 3. The molecule has 27 heavy (non-hydrogen) atoms. The number of aromatic nitrogens is 3. The van der Waals surface area contributed by atoms with Gasteiger partial charge in [-0.1, -0.05) is 55.8 Å². The van der Waals surface area contributed by atoms with Gasteiger partial charge < -0.3 is 9.74 Å². The zero-order valence-electron chi connectivity index (χ0n) is 17.3. The predicted molar refractivity (Wildman–Crippen MR) is 109 cm³/mol. The molecule has 1 N–H and O–H groups in total. The van der Waals surface area contributed by atoms with Gasteiger partial charge in [0.15, 0.2) is 8.32 Å². The van der Waals surface area contributed by atoms with Crippen molar-refractivity contribution in [2.24, 2.45) is 5.92 Å². The predicted octanol–water partition coefficient (Wildman–Crippen LogP) is 3.91. The van der Waals surface area contributed by atoms with Crippen LogP contribution in [0.4, 0.5) is 0 Å². The summed E-state index contributed by atoms with van der Waals surface area (Å²) in [6.07, 6.45) is 1.50. The monoisotopic (exact) mass is 386 g/mol. The Bertz CT molecular complexity index is 823. The van der Waals surface area contributed by atoms with E-state index in [4.69, 9.17) is 4.43 Å². The molecule has 0 spiro atoms. The van der Waals surface area contributed by atoms with Crippen LogP contribution < -0.4 is 5.32 Å². The minimum Gasteiger partial charge on any atom is -0.413 e. The first-order valence-electron chi connectivity index (χ1n) is 9.47. The Morgan fingerprint density at radius 1 is 1.22 bits per heavy atom. The van der Waals surface area contributed by atoms with E-state index in [1.165, 1.54) is 5.56 Å². The lowest BCUT2D eigenvalue weighted by Gasteiger charge is -2.45. The van der Waals surface area contributed by atoms with Gasteiger partial charge in [-0.05, 0) is 32.0 Å². The Morgan fingerprint density at radius 2 is 1.85 bits per heavy atom. The van der Waals surface area contributed by atoms with E-state index in [1.54, 1.807) is 4.68 Å². The molecule has 0 saturated carbocycles. The van der Waals surface area contributed by atoms with E-state index in [-0.39, 0.29) is 29.1 Å². The summed E-state index contributed by atoms with van der Waals surface area (Å²) in [5.41, 5.74) is 3.02. The molecule has 2 heterocycles. The second kappa shape index (κ2) is 6.87. The molecule has 0 bridgehead atoms. The van der Waals surface area contributed by atoms with E-state index in [2.05, 4.69) is 68.6 Å². The lowest BCUT2D eigenvalue weighted by atomic mass is 9.92. The van der Waals surface area contributed by atoms with Crippen LogP contribution in [0.1, 0.15) is 39.4 Å². The molecule has 1 fully saturated rings. The topological polar surface area (TPSA) is 69.0 Å². The van der Waals surface area contributed by atoms with Crippen molar-refractivity contribution in [1.29, 1.82) is 0 Å². The molecule has 2 aromatic rings. The molecular formula is C20H30N4O2Si. The van der Waals surface area contributed by atoms with E-state index in [1.807, 2.05) is 25.3 Å². The standard InChI is InChI=1S/C20H30N4O2Si/c1-13-8-10-15(11-9-13)16-12-24(23-22-16)18-17(19(25)21-18)14(2)26-27(6,7)20(3,4)5/h8-12,14,17-18H,1-7H3,(H,21,25)/t14-,17-,18-/m1/s1.